The Hall–Kier alpha value is -3.05. The predicted molar refractivity (Wildman–Crippen MR) is 114 cm³/mol. The summed E-state index contributed by atoms with van der Waals surface area (Å²) in [6.07, 6.45) is 2.11. The van der Waals surface area contributed by atoms with E-state index in [1.54, 1.807) is 24.5 Å². The molecule has 0 saturated heterocycles. The van der Waals surface area contributed by atoms with Crippen LogP contribution in [-0.2, 0) is 4.79 Å². The molecule has 28 heavy (non-hydrogen) atoms. The molecule has 0 bridgehead atoms. The summed E-state index contributed by atoms with van der Waals surface area (Å²) in [5.41, 5.74) is 4.13. The summed E-state index contributed by atoms with van der Waals surface area (Å²) in [5.74, 6) is 1.35. The van der Waals surface area contributed by atoms with Gasteiger partial charge in [-0.1, -0.05) is 49.1 Å². The number of carbonyl (C=O) groups is 1. The van der Waals surface area contributed by atoms with Crippen molar-refractivity contribution in [1.29, 1.82) is 0 Å². The second kappa shape index (κ2) is 7.90. The van der Waals surface area contributed by atoms with E-state index in [4.69, 9.17) is 9.47 Å². The average molecular weight is 391 g/mol. The molecule has 3 aromatic rings. The van der Waals surface area contributed by atoms with Crippen LogP contribution in [0.5, 0.6) is 11.5 Å². The third kappa shape index (κ3) is 3.41. The van der Waals surface area contributed by atoms with E-state index in [-0.39, 0.29) is 11.8 Å². The summed E-state index contributed by atoms with van der Waals surface area (Å²) in [4.78, 5) is 13.6. The lowest BCUT2D eigenvalue weighted by Gasteiger charge is -2.24. The number of nitrogens with one attached hydrogen (secondary N) is 1. The van der Waals surface area contributed by atoms with Gasteiger partial charge in [0.15, 0.2) is 11.5 Å². The topological polar surface area (TPSA) is 47.6 Å². The summed E-state index contributed by atoms with van der Waals surface area (Å²) in [6, 6.07) is 16.0. The van der Waals surface area contributed by atoms with Gasteiger partial charge in [0.05, 0.1) is 12.8 Å². The van der Waals surface area contributed by atoms with Gasteiger partial charge in [0.1, 0.15) is 6.61 Å². The third-order valence-corrected chi connectivity index (χ3v) is 5.92. The first-order valence-corrected chi connectivity index (χ1v) is 9.97. The first-order valence-electron chi connectivity index (χ1n) is 9.09. The molecule has 0 fully saturated rings. The van der Waals surface area contributed by atoms with E-state index in [1.807, 2.05) is 36.4 Å². The number of hydrogen-bond acceptors (Lipinski definition) is 4. The lowest BCUT2D eigenvalue weighted by molar-refractivity contribution is -0.116. The largest absolute Gasteiger partial charge is 0.493 e. The zero-order chi connectivity index (χ0) is 19.5. The van der Waals surface area contributed by atoms with Crippen molar-refractivity contribution in [3.05, 3.63) is 77.0 Å². The predicted octanol–water partition coefficient (Wildman–Crippen LogP) is 5.46. The van der Waals surface area contributed by atoms with E-state index < -0.39 is 0 Å². The van der Waals surface area contributed by atoms with Crippen LogP contribution < -0.4 is 14.8 Å². The van der Waals surface area contributed by atoms with Crippen molar-refractivity contribution in [2.24, 2.45) is 0 Å². The molecule has 4 nitrogen and oxygen atoms in total. The minimum Gasteiger partial charge on any atom is -0.493 e. The van der Waals surface area contributed by atoms with Crippen LogP contribution in [0.15, 0.2) is 66.6 Å². The van der Waals surface area contributed by atoms with Crippen LogP contribution in [0.2, 0.25) is 0 Å². The van der Waals surface area contributed by atoms with Crippen LogP contribution in [-0.4, -0.2) is 19.6 Å². The highest BCUT2D eigenvalue weighted by molar-refractivity contribution is 7.11. The molecule has 2 aromatic carbocycles. The van der Waals surface area contributed by atoms with Crippen LogP contribution in [0.3, 0.4) is 0 Å². The van der Waals surface area contributed by atoms with Gasteiger partial charge in [0, 0.05) is 28.2 Å². The van der Waals surface area contributed by atoms with Crippen LogP contribution in [0.25, 0.3) is 11.1 Å². The van der Waals surface area contributed by atoms with Crippen molar-refractivity contribution in [3.8, 4) is 22.6 Å². The van der Waals surface area contributed by atoms with Gasteiger partial charge >= 0.3 is 0 Å². The van der Waals surface area contributed by atoms with Crippen molar-refractivity contribution in [2.45, 2.75) is 12.3 Å². The van der Waals surface area contributed by atoms with Crippen LogP contribution in [0.1, 0.15) is 22.8 Å². The molecule has 1 aliphatic heterocycles. The van der Waals surface area contributed by atoms with E-state index >= 15 is 0 Å². The van der Waals surface area contributed by atoms with Gasteiger partial charge in [-0.25, -0.2) is 0 Å². The number of anilines is 1. The fourth-order valence-electron chi connectivity index (χ4n) is 3.50. The summed E-state index contributed by atoms with van der Waals surface area (Å²) < 4.78 is 11.2. The fourth-order valence-corrected chi connectivity index (χ4v) is 4.66. The number of carbonyl (C=O) groups excluding carboxylic acids is 1. The van der Waals surface area contributed by atoms with Crippen LogP contribution >= 0.6 is 11.3 Å². The molecular weight excluding hydrogens is 370 g/mol. The van der Waals surface area contributed by atoms with E-state index in [9.17, 15) is 4.79 Å². The number of methoxy groups -OCH3 is 1. The Labute approximate surface area is 168 Å². The smallest absolute Gasteiger partial charge is 0.225 e. The molecule has 1 aromatic heterocycles. The van der Waals surface area contributed by atoms with Gasteiger partial charge in [-0.3, -0.25) is 4.79 Å². The first kappa shape index (κ1) is 18.3. The Morgan fingerprint density at radius 1 is 1.21 bits per heavy atom. The van der Waals surface area contributed by atoms with Gasteiger partial charge in [-0.15, -0.1) is 11.3 Å². The molecule has 0 radical (unpaired) electrons. The van der Waals surface area contributed by atoms with Crippen LogP contribution in [0.4, 0.5) is 5.69 Å². The molecule has 1 N–H and O–H groups in total. The van der Waals surface area contributed by atoms with Crippen molar-refractivity contribution >= 4 is 22.9 Å². The van der Waals surface area contributed by atoms with Crippen molar-refractivity contribution in [1.82, 2.24) is 0 Å². The molecule has 0 unspecified atom stereocenters. The summed E-state index contributed by atoms with van der Waals surface area (Å²) in [7, 11) is 1.62. The van der Waals surface area contributed by atoms with Gasteiger partial charge in [0.2, 0.25) is 5.91 Å². The van der Waals surface area contributed by atoms with E-state index in [2.05, 4.69) is 29.4 Å². The number of rotatable bonds is 6. The standard InChI is InChI=1S/C23H21NO3S/c1-3-11-27-19-10-9-16(12-20(19)26-2)17-13-21(25)24-22-18(14-28-23(17)22)15-7-5-4-6-8-15/h3-10,12,14,17H,1,11,13H2,2H3,(H,24,25)/t17-/m1/s1. The normalized spacial score (nSPS) is 15.5. The Morgan fingerprint density at radius 3 is 2.79 bits per heavy atom. The molecule has 5 heteroatoms. The minimum absolute atomic E-state index is 0.00596. The Morgan fingerprint density at radius 2 is 2.04 bits per heavy atom. The Bertz CT molecular complexity index is 1010. The maximum absolute atomic E-state index is 12.5. The Balaban J connectivity index is 1.74. The highest BCUT2D eigenvalue weighted by atomic mass is 32.1. The number of hydrogen-bond donors (Lipinski definition) is 1. The maximum atomic E-state index is 12.5. The molecular formula is C23H21NO3S. The van der Waals surface area contributed by atoms with Crippen molar-refractivity contribution < 1.29 is 14.3 Å². The highest BCUT2D eigenvalue weighted by Gasteiger charge is 2.31. The number of fused-ring (bicyclic) bond motifs is 1. The molecule has 1 amide bonds. The zero-order valence-electron chi connectivity index (χ0n) is 15.6. The summed E-state index contributed by atoms with van der Waals surface area (Å²) in [5, 5.41) is 5.20. The number of benzene rings is 2. The molecule has 4 rings (SSSR count). The molecule has 0 saturated carbocycles. The molecule has 0 aliphatic carbocycles. The third-order valence-electron chi connectivity index (χ3n) is 4.82. The van der Waals surface area contributed by atoms with Gasteiger partial charge in [-0.2, -0.15) is 0 Å². The van der Waals surface area contributed by atoms with E-state index in [0.29, 0.717) is 24.5 Å². The van der Waals surface area contributed by atoms with Crippen molar-refractivity contribution in [3.63, 3.8) is 0 Å². The molecule has 1 aliphatic rings. The van der Waals surface area contributed by atoms with Gasteiger partial charge < -0.3 is 14.8 Å². The molecule has 2 heterocycles. The van der Waals surface area contributed by atoms with E-state index in [1.165, 1.54) is 4.88 Å². The summed E-state index contributed by atoms with van der Waals surface area (Å²) >= 11 is 1.68. The second-order valence-corrected chi connectivity index (χ2v) is 7.48. The van der Waals surface area contributed by atoms with Gasteiger partial charge in [0.25, 0.3) is 0 Å². The minimum atomic E-state index is -0.00596. The lowest BCUT2D eigenvalue weighted by Crippen LogP contribution is -2.22. The molecule has 0 spiro atoms. The average Bonchev–Trinajstić information content (AvgIpc) is 3.16. The molecule has 1 atom stereocenters. The Kier molecular flexibility index (Phi) is 5.17. The van der Waals surface area contributed by atoms with Crippen molar-refractivity contribution in [2.75, 3.05) is 19.0 Å². The lowest BCUT2D eigenvalue weighted by atomic mass is 9.89. The number of ether oxygens (including phenoxy) is 2. The SMILES string of the molecule is C=CCOc1ccc([C@H]2CC(=O)Nc3c(-c4ccccc4)csc32)cc1OC. The van der Waals surface area contributed by atoms with Crippen LogP contribution in [0, 0.1) is 0 Å². The van der Waals surface area contributed by atoms with E-state index in [0.717, 1.165) is 22.4 Å². The second-order valence-electron chi connectivity index (χ2n) is 6.57. The number of amides is 1. The maximum Gasteiger partial charge on any atom is 0.225 e. The highest BCUT2D eigenvalue weighted by Crippen LogP contribution is 2.47. The fraction of sp³-hybridized carbons (Fsp3) is 0.174. The molecule has 142 valence electrons. The first-order chi connectivity index (χ1) is 13.7. The number of thiophene rings is 1. The summed E-state index contributed by atoms with van der Waals surface area (Å²) in [6.45, 7) is 4.09. The van der Waals surface area contributed by atoms with Gasteiger partial charge in [-0.05, 0) is 23.3 Å². The zero-order valence-corrected chi connectivity index (χ0v) is 16.4. The monoisotopic (exact) mass is 391 g/mol. The quantitative estimate of drug-likeness (QED) is 0.568.